The highest BCUT2D eigenvalue weighted by Crippen LogP contribution is 2.31. The summed E-state index contributed by atoms with van der Waals surface area (Å²) in [6.45, 7) is 0.403. The summed E-state index contributed by atoms with van der Waals surface area (Å²) < 4.78 is 5.46. The molecule has 0 aliphatic heterocycles. The number of para-hydroxylation sites is 1. The number of hydrogen-bond acceptors (Lipinski definition) is 4. The van der Waals surface area contributed by atoms with Crippen LogP contribution < -0.4 is 16.5 Å². The summed E-state index contributed by atoms with van der Waals surface area (Å²) in [6, 6.07) is 8.06. The van der Waals surface area contributed by atoms with E-state index < -0.39 is 5.91 Å². The van der Waals surface area contributed by atoms with Crippen LogP contribution in [0.4, 0.5) is 0 Å². The van der Waals surface area contributed by atoms with Gasteiger partial charge in [-0.3, -0.25) is 9.59 Å². The molecular weight excluding hydrogens is 256 g/mol. The van der Waals surface area contributed by atoms with Gasteiger partial charge in [0, 0.05) is 18.7 Å². The van der Waals surface area contributed by atoms with Crippen LogP contribution in [0.25, 0.3) is 11.0 Å². The van der Waals surface area contributed by atoms with Gasteiger partial charge in [0.2, 0.25) is 0 Å². The minimum Gasteiger partial charge on any atom is -0.451 e. The van der Waals surface area contributed by atoms with Crippen molar-refractivity contribution in [3.63, 3.8) is 0 Å². The number of carbonyl (C=O) groups is 1. The van der Waals surface area contributed by atoms with Crippen molar-refractivity contribution in [1.29, 1.82) is 0 Å². The largest absolute Gasteiger partial charge is 0.451 e. The van der Waals surface area contributed by atoms with Gasteiger partial charge < -0.3 is 15.5 Å². The predicted molar refractivity (Wildman–Crippen MR) is 75.5 cm³/mol. The molecule has 1 unspecified atom stereocenters. The van der Waals surface area contributed by atoms with Crippen LogP contribution in [-0.2, 0) is 0 Å². The molecule has 0 saturated heterocycles. The van der Waals surface area contributed by atoms with Gasteiger partial charge in [0.25, 0.3) is 5.91 Å². The van der Waals surface area contributed by atoms with E-state index in [1.54, 1.807) is 24.3 Å². The van der Waals surface area contributed by atoms with Crippen LogP contribution in [0.3, 0.4) is 0 Å². The standard InChI is InChI=1S/C15H16N2O3/c16-11(9-5-6-9)8-17-15(19)14-7-12(18)10-3-1-2-4-13(10)20-14/h1-4,7,9,11H,5-6,8,16H2,(H,17,19). The van der Waals surface area contributed by atoms with Gasteiger partial charge in [-0.1, -0.05) is 12.1 Å². The Balaban J connectivity index is 1.78. The maximum atomic E-state index is 12.0. The van der Waals surface area contributed by atoms with Crippen molar-refractivity contribution in [3.8, 4) is 0 Å². The van der Waals surface area contributed by atoms with Crippen LogP contribution >= 0.6 is 0 Å². The first kappa shape index (κ1) is 12.9. The summed E-state index contributed by atoms with van der Waals surface area (Å²) >= 11 is 0. The Labute approximate surface area is 115 Å². The fourth-order valence-electron chi connectivity index (χ4n) is 2.20. The highest BCUT2D eigenvalue weighted by molar-refractivity contribution is 5.93. The summed E-state index contributed by atoms with van der Waals surface area (Å²) in [7, 11) is 0. The van der Waals surface area contributed by atoms with Crippen molar-refractivity contribution in [2.75, 3.05) is 6.54 Å². The van der Waals surface area contributed by atoms with Gasteiger partial charge >= 0.3 is 0 Å². The number of benzene rings is 1. The molecule has 1 atom stereocenters. The maximum Gasteiger partial charge on any atom is 0.287 e. The Morgan fingerprint density at radius 3 is 2.90 bits per heavy atom. The van der Waals surface area contributed by atoms with Gasteiger partial charge in [-0.2, -0.15) is 0 Å². The molecule has 1 aliphatic rings. The average molecular weight is 272 g/mol. The zero-order valence-corrected chi connectivity index (χ0v) is 11.0. The van der Waals surface area contributed by atoms with E-state index in [0.29, 0.717) is 23.4 Å². The van der Waals surface area contributed by atoms with Gasteiger partial charge in [-0.05, 0) is 30.9 Å². The highest BCUT2D eigenvalue weighted by Gasteiger charge is 2.28. The second-order valence-corrected chi connectivity index (χ2v) is 5.18. The van der Waals surface area contributed by atoms with Gasteiger partial charge in [-0.25, -0.2) is 0 Å². The van der Waals surface area contributed by atoms with E-state index in [-0.39, 0.29) is 17.2 Å². The van der Waals surface area contributed by atoms with Crippen LogP contribution in [0.5, 0.6) is 0 Å². The molecule has 3 N–H and O–H groups in total. The van der Waals surface area contributed by atoms with Gasteiger partial charge in [0.15, 0.2) is 11.2 Å². The molecule has 0 bridgehead atoms. The number of nitrogens with two attached hydrogens (primary N) is 1. The Kier molecular flexibility index (Phi) is 3.28. The number of carbonyl (C=O) groups excluding carboxylic acids is 1. The molecule has 1 amide bonds. The van der Waals surface area contributed by atoms with Crippen molar-refractivity contribution >= 4 is 16.9 Å². The first-order chi connectivity index (χ1) is 9.65. The van der Waals surface area contributed by atoms with Crippen LogP contribution in [0.1, 0.15) is 23.4 Å². The molecule has 20 heavy (non-hydrogen) atoms. The highest BCUT2D eigenvalue weighted by atomic mass is 16.3. The van der Waals surface area contributed by atoms with E-state index in [1.165, 1.54) is 6.07 Å². The van der Waals surface area contributed by atoms with E-state index in [4.69, 9.17) is 10.2 Å². The third-order valence-corrected chi connectivity index (χ3v) is 3.58. The quantitative estimate of drug-likeness (QED) is 0.877. The van der Waals surface area contributed by atoms with Crippen LogP contribution in [0.2, 0.25) is 0 Å². The molecule has 2 aromatic rings. The monoisotopic (exact) mass is 272 g/mol. The minimum atomic E-state index is -0.399. The summed E-state index contributed by atoms with van der Waals surface area (Å²) in [5, 5.41) is 3.19. The van der Waals surface area contributed by atoms with E-state index in [1.807, 2.05) is 0 Å². The SMILES string of the molecule is NC(CNC(=O)c1cc(=O)c2ccccc2o1)C1CC1. The normalized spacial score (nSPS) is 16.1. The zero-order chi connectivity index (χ0) is 14.1. The van der Waals surface area contributed by atoms with Crippen molar-refractivity contribution in [2.45, 2.75) is 18.9 Å². The molecule has 0 radical (unpaired) electrons. The lowest BCUT2D eigenvalue weighted by molar-refractivity contribution is 0.0923. The van der Waals surface area contributed by atoms with Gasteiger partial charge in [0.05, 0.1) is 5.39 Å². The third kappa shape index (κ3) is 2.58. The van der Waals surface area contributed by atoms with E-state index in [2.05, 4.69) is 5.32 Å². The smallest absolute Gasteiger partial charge is 0.287 e. The Bertz CT molecular complexity index is 704. The summed E-state index contributed by atoms with van der Waals surface area (Å²) in [6.07, 6.45) is 2.25. The summed E-state index contributed by atoms with van der Waals surface area (Å²) in [5.41, 5.74) is 6.11. The van der Waals surface area contributed by atoms with Crippen molar-refractivity contribution < 1.29 is 9.21 Å². The van der Waals surface area contributed by atoms with Crippen LogP contribution in [0, 0.1) is 5.92 Å². The first-order valence-electron chi connectivity index (χ1n) is 6.72. The Hall–Kier alpha value is -2.14. The lowest BCUT2D eigenvalue weighted by Crippen LogP contribution is -2.38. The molecule has 0 spiro atoms. The second-order valence-electron chi connectivity index (χ2n) is 5.18. The van der Waals surface area contributed by atoms with Crippen molar-refractivity contribution in [1.82, 2.24) is 5.32 Å². The Morgan fingerprint density at radius 1 is 1.40 bits per heavy atom. The fraction of sp³-hybridized carbons (Fsp3) is 0.333. The van der Waals surface area contributed by atoms with Gasteiger partial charge in [-0.15, -0.1) is 0 Å². The molecule has 1 saturated carbocycles. The number of amides is 1. The molecule has 1 aliphatic carbocycles. The minimum absolute atomic E-state index is 0.0221. The topological polar surface area (TPSA) is 85.3 Å². The molecule has 3 rings (SSSR count). The fourth-order valence-corrected chi connectivity index (χ4v) is 2.20. The molecule has 1 aromatic carbocycles. The third-order valence-electron chi connectivity index (χ3n) is 3.58. The molecule has 1 heterocycles. The molecular formula is C15H16N2O3. The summed E-state index contributed by atoms with van der Waals surface area (Å²) in [5.74, 6) is 0.138. The van der Waals surface area contributed by atoms with Crippen molar-refractivity contribution in [2.24, 2.45) is 11.7 Å². The predicted octanol–water partition coefficient (Wildman–Crippen LogP) is 1.26. The Morgan fingerprint density at radius 2 is 2.15 bits per heavy atom. The van der Waals surface area contributed by atoms with E-state index >= 15 is 0 Å². The van der Waals surface area contributed by atoms with Crippen molar-refractivity contribution in [3.05, 3.63) is 46.3 Å². The van der Waals surface area contributed by atoms with Gasteiger partial charge in [0.1, 0.15) is 5.58 Å². The number of nitrogens with one attached hydrogen (secondary N) is 1. The maximum absolute atomic E-state index is 12.0. The number of rotatable bonds is 4. The molecule has 1 fully saturated rings. The number of fused-ring (bicyclic) bond motifs is 1. The second kappa shape index (κ2) is 5.09. The lowest BCUT2D eigenvalue weighted by Gasteiger charge is -2.11. The molecule has 5 nitrogen and oxygen atoms in total. The van der Waals surface area contributed by atoms with E-state index in [9.17, 15) is 9.59 Å². The average Bonchev–Trinajstić information content (AvgIpc) is 3.29. The summed E-state index contributed by atoms with van der Waals surface area (Å²) in [4.78, 5) is 23.9. The van der Waals surface area contributed by atoms with Crippen LogP contribution in [0.15, 0.2) is 39.5 Å². The molecule has 1 aromatic heterocycles. The molecule has 5 heteroatoms. The van der Waals surface area contributed by atoms with Crippen LogP contribution in [-0.4, -0.2) is 18.5 Å². The first-order valence-corrected chi connectivity index (χ1v) is 6.72. The molecule has 104 valence electrons. The number of hydrogen-bond donors (Lipinski definition) is 2. The zero-order valence-electron chi connectivity index (χ0n) is 11.0. The van der Waals surface area contributed by atoms with E-state index in [0.717, 1.165) is 12.8 Å². The lowest BCUT2D eigenvalue weighted by atomic mass is 10.2.